The third-order valence-electron chi connectivity index (χ3n) is 3.59. The Morgan fingerprint density at radius 2 is 2.31 bits per heavy atom. The molecule has 1 N–H and O–H groups in total. The molecule has 2 fully saturated rings. The van der Waals surface area contributed by atoms with Gasteiger partial charge in [-0.25, -0.2) is 0 Å². The molecule has 2 heteroatoms. The summed E-state index contributed by atoms with van der Waals surface area (Å²) in [5.41, 5.74) is 0. The molecule has 1 aliphatic carbocycles. The molecule has 0 aromatic rings. The maximum absolute atomic E-state index is 9.70. The van der Waals surface area contributed by atoms with Crippen molar-refractivity contribution in [1.29, 1.82) is 0 Å². The van der Waals surface area contributed by atoms with Gasteiger partial charge in [0.1, 0.15) is 0 Å². The van der Waals surface area contributed by atoms with Crippen LogP contribution in [-0.4, -0.2) is 35.2 Å². The first-order chi connectivity index (χ1) is 6.29. The van der Waals surface area contributed by atoms with E-state index in [1.54, 1.807) is 0 Å². The second-order valence-electron chi connectivity index (χ2n) is 4.73. The number of hydrogen-bond acceptors (Lipinski definition) is 2. The van der Waals surface area contributed by atoms with Crippen molar-refractivity contribution in [3.05, 3.63) is 0 Å². The van der Waals surface area contributed by atoms with Gasteiger partial charge in [0, 0.05) is 19.1 Å². The summed E-state index contributed by atoms with van der Waals surface area (Å²) in [5, 5.41) is 9.70. The van der Waals surface area contributed by atoms with Crippen LogP contribution in [0.4, 0.5) is 0 Å². The van der Waals surface area contributed by atoms with Crippen LogP contribution in [0.5, 0.6) is 0 Å². The molecule has 2 nitrogen and oxygen atoms in total. The summed E-state index contributed by atoms with van der Waals surface area (Å²) in [5.74, 6) is 0.957. The first-order valence-corrected chi connectivity index (χ1v) is 5.71. The van der Waals surface area contributed by atoms with Gasteiger partial charge in [-0.2, -0.15) is 0 Å². The third-order valence-corrected chi connectivity index (χ3v) is 3.59. The molecule has 0 aromatic heterocycles. The largest absolute Gasteiger partial charge is 0.392 e. The van der Waals surface area contributed by atoms with Crippen LogP contribution in [0.25, 0.3) is 0 Å². The van der Waals surface area contributed by atoms with Gasteiger partial charge in [-0.15, -0.1) is 0 Å². The minimum absolute atomic E-state index is 0.0793. The van der Waals surface area contributed by atoms with E-state index in [0.29, 0.717) is 0 Å². The second-order valence-corrected chi connectivity index (χ2v) is 4.73. The fourth-order valence-corrected chi connectivity index (χ4v) is 2.95. The molecule has 13 heavy (non-hydrogen) atoms. The Labute approximate surface area is 80.9 Å². The standard InChI is InChI=1S/C11H21NO/c1-2-3-11(13)8-12-7-9-4-5-10(12)6-9/h9-11,13H,2-8H2,1H3. The smallest absolute Gasteiger partial charge is 0.0667 e. The summed E-state index contributed by atoms with van der Waals surface area (Å²) < 4.78 is 0. The van der Waals surface area contributed by atoms with E-state index in [0.717, 1.165) is 31.3 Å². The highest BCUT2D eigenvalue weighted by Crippen LogP contribution is 2.37. The van der Waals surface area contributed by atoms with E-state index in [1.165, 1.54) is 25.8 Å². The zero-order valence-electron chi connectivity index (χ0n) is 8.58. The summed E-state index contributed by atoms with van der Waals surface area (Å²) >= 11 is 0. The van der Waals surface area contributed by atoms with Gasteiger partial charge < -0.3 is 5.11 Å². The minimum Gasteiger partial charge on any atom is -0.392 e. The highest BCUT2D eigenvalue weighted by atomic mass is 16.3. The maximum Gasteiger partial charge on any atom is 0.0667 e. The zero-order valence-corrected chi connectivity index (χ0v) is 8.58. The lowest BCUT2D eigenvalue weighted by molar-refractivity contribution is 0.0880. The summed E-state index contributed by atoms with van der Waals surface area (Å²) in [4.78, 5) is 2.51. The highest BCUT2D eigenvalue weighted by Gasteiger charge is 2.37. The maximum atomic E-state index is 9.70. The van der Waals surface area contributed by atoms with Gasteiger partial charge in [-0.05, 0) is 31.6 Å². The second kappa shape index (κ2) is 3.97. The van der Waals surface area contributed by atoms with Crippen molar-refractivity contribution in [2.45, 2.75) is 51.2 Å². The molecular weight excluding hydrogens is 162 g/mol. The van der Waals surface area contributed by atoms with Gasteiger partial charge in [0.25, 0.3) is 0 Å². The Balaban J connectivity index is 1.76. The van der Waals surface area contributed by atoms with Crippen molar-refractivity contribution in [1.82, 2.24) is 4.90 Å². The molecule has 1 aliphatic heterocycles. The molecule has 3 unspecified atom stereocenters. The predicted molar refractivity (Wildman–Crippen MR) is 53.6 cm³/mol. The number of nitrogens with zero attached hydrogens (tertiary/aromatic N) is 1. The third kappa shape index (κ3) is 2.05. The molecule has 2 rings (SSSR count). The summed E-state index contributed by atoms with van der Waals surface area (Å²) in [6, 6.07) is 0.816. The Kier molecular flexibility index (Phi) is 2.89. The SMILES string of the molecule is CCCC(O)CN1CC2CCC1C2. The van der Waals surface area contributed by atoms with Gasteiger partial charge in [-0.3, -0.25) is 4.90 Å². The van der Waals surface area contributed by atoms with Crippen LogP contribution in [0.15, 0.2) is 0 Å². The molecule has 1 saturated carbocycles. The number of β-amino-alcohol motifs (C(OH)–C–C–N with tert-alkyl or cyclic N) is 1. The van der Waals surface area contributed by atoms with Crippen LogP contribution in [0, 0.1) is 5.92 Å². The van der Waals surface area contributed by atoms with Gasteiger partial charge in [0.05, 0.1) is 6.10 Å². The van der Waals surface area contributed by atoms with Crippen LogP contribution in [0.1, 0.15) is 39.0 Å². The van der Waals surface area contributed by atoms with E-state index in [9.17, 15) is 5.11 Å². The van der Waals surface area contributed by atoms with E-state index in [1.807, 2.05) is 0 Å². The Hall–Kier alpha value is -0.0800. The topological polar surface area (TPSA) is 23.5 Å². The average Bonchev–Trinajstić information content (AvgIpc) is 2.65. The molecule has 3 atom stereocenters. The molecule has 2 bridgehead atoms. The first-order valence-electron chi connectivity index (χ1n) is 5.71. The lowest BCUT2D eigenvalue weighted by atomic mass is 10.1. The van der Waals surface area contributed by atoms with Crippen molar-refractivity contribution < 1.29 is 5.11 Å². The van der Waals surface area contributed by atoms with Crippen molar-refractivity contribution in [3.8, 4) is 0 Å². The molecule has 0 spiro atoms. The van der Waals surface area contributed by atoms with Crippen molar-refractivity contribution in [3.63, 3.8) is 0 Å². The Morgan fingerprint density at radius 1 is 1.46 bits per heavy atom. The lowest BCUT2D eigenvalue weighted by Gasteiger charge is -2.28. The van der Waals surface area contributed by atoms with Crippen LogP contribution in [0.3, 0.4) is 0 Å². The number of likely N-dealkylation sites (tertiary alicyclic amines) is 1. The number of hydrogen-bond donors (Lipinski definition) is 1. The Bertz CT molecular complexity index is 171. The van der Waals surface area contributed by atoms with E-state index < -0.39 is 0 Å². The molecular formula is C11H21NO. The number of piperidine rings is 1. The first kappa shape index (κ1) is 9.47. The monoisotopic (exact) mass is 183 g/mol. The van der Waals surface area contributed by atoms with E-state index in [-0.39, 0.29) is 6.10 Å². The van der Waals surface area contributed by atoms with E-state index >= 15 is 0 Å². The van der Waals surface area contributed by atoms with Crippen molar-refractivity contribution >= 4 is 0 Å². The van der Waals surface area contributed by atoms with Crippen molar-refractivity contribution in [2.75, 3.05) is 13.1 Å². The van der Waals surface area contributed by atoms with Crippen LogP contribution < -0.4 is 0 Å². The molecule has 1 saturated heterocycles. The quantitative estimate of drug-likeness (QED) is 0.716. The van der Waals surface area contributed by atoms with Crippen molar-refractivity contribution in [2.24, 2.45) is 5.92 Å². The molecule has 0 radical (unpaired) electrons. The molecule has 1 heterocycles. The minimum atomic E-state index is -0.0793. The van der Waals surface area contributed by atoms with Gasteiger partial charge in [-0.1, -0.05) is 13.3 Å². The highest BCUT2D eigenvalue weighted by molar-refractivity contribution is 4.92. The zero-order chi connectivity index (χ0) is 9.26. The number of rotatable bonds is 4. The molecule has 2 aliphatic rings. The molecule has 0 aromatic carbocycles. The molecule has 76 valence electrons. The van der Waals surface area contributed by atoms with Crippen LogP contribution in [-0.2, 0) is 0 Å². The summed E-state index contributed by atoms with van der Waals surface area (Å²) in [6.07, 6.45) is 6.20. The van der Waals surface area contributed by atoms with Crippen LogP contribution in [0.2, 0.25) is 0 Å². The fraction of sp³-hybridized carbons (Fsp3) is 1.00. The van der Waals surface area contributed by atoms with Crippen LogP contribution >= 0.6 is 0 Å². The van der Waals surface area contributed by atoms with Gasteiger partial charge >= 0.3 is 0 Å². The number of aliphatic hydroxyl groups excluding tert-OH is 1. The Morgan fingerprint density at radius 3 is 2.85 bits per heavy atom. The van der Waals surface area contributed by atoms with Gasteiger partial charge in [0.15, 0.2) is 0 Å². The summed E-state index contributed by atoms with van der Waals surface area (Å²) in [6.45, 7) is 4.32. The predicted octanol–water partition coefficient (Wildman–Crippen LogP) is 1.63. The number of fused-ring (bicyclic) bond motifs is 2. The average molecular weight is 183 g/mol. The molecule has 0 amide bonds. The van der Waals surface area contributed by atoms with E-state index in [4.69, 9.17) is 0 Å². The lowest BCUT2D eigenvalue weighted by Crippen LogP contribution is -2.38. The normalized spacial score (nSPS) is 35.5. The summed E-state index contributed by atoms with van der Waals surface area (Å²) in [7, 11) is 0. The van der Waals surface area contributed by atoms with Gasteiger partial charge in [0.2, 0.25) is 0 Å². The van der Waals surface area contributed by atoms with E-state index in [2.05, 4.69) is 11.8 Å². The number of aliphatic hydroxyl groups is 1. The fourth-order valence-electron chi connectivity index (χ4n) is 2.95.